The van der Waals surface area contributed by atoms with Crippen molar-refractivity contribution in [2.24, 2.45) is 0 Å². The van der Waals surface area contributed by atoms with Crippen molar-refractivity contribution in [2.45, 2.75) is 25.4 Å². The maximum atomic E-state index is 10.1. The smallest absolute Gasteiger partial charge is 0.138 e. The second kappa shape index (κ2) is 8.21. The summed E-state index contributed by atoms with van der Waals surface area (Å²) in [5.74, 6) is 0.103. The van der Waals surface area contributed by atoms with Gasteiger partial charge in [0.15, 0.2) is 0 Å². The molecule has 3 nitrogen and oxygen atoms in total. The topological polar surface area (TPSA) is 35.5 Å². The number of benzene rings is 2. The van der Waals surface area contributed by atoms with Gasteiger partial charge in [0.25, 0.3) is 0 Å². The van der Waals surface area contributed by atoms with Gasteiger partial charge in [-0.15, -0.1) is 0 Å². The molecule has 0 spiro atoms. The van der Waals surface area contributed by atoms with E-state index >= 15 is 0 Å². The van der Waals surface area contributed by atoms with Crippen molar-refractivity contribution in [1.29, 1.82) is 0 Å². The van der Waals surface area contributed by atoms with E-state index in [1.807, 2.05) is 6.07 Å². The number of phenols is 1. The maximum Gasteiger partial charge on any atom is 0.138 e. The molecule has 0 aliphatic carbocycles. The third kappa shape index (κ3) is 4.22. The Bertz CT molecular complexity index is 673. The molecule has 0 aromatic heterocycles. The lowest BCUT2D eigenvalue weighted by atomic mass is 10.1. The van der Waals surface area contributed by atoms with Crippen molar-refractivity contribution in [3.8, 4) is 5.75 Å². The van der Waals surface area contributed by atoms with E-state index in [-0.39, 0.29) is 5.75 Å². The summed E-state index contributed by atoms with van der Waals surface area (Å²) < 4.78 is 0. The average Bonchev–Trinajstić information content (AvgIpc) is 3.11. The van der Waals surface area contributed by atoms with Crippen LogP contribution in [0.5, 0.6) is 5.75 Å². The highest BCUT2D eigenvalue weighted by atomic mass is 35.5. The Kier molecular flexibility index (Phi) is 6.01. The Morgan fingerprint density at radius 3 is 2.50 bits per heavy atom. The molecule has 0 amide bonds. The minimum absolute atomic E-state index is 0.103. The predicted molar refractivity (Wildman–Crippen MR) is 99.8 cm³/mol. The zero-order chi connectivity index (χ0) is 16.9. The van der Waals surface area contributed by atoms with Crippen molar-refractivity contribution >= 4 is 23.2 Å². The van der Waals surface area contributed by atoms with Gasteiger partial charge in [-0.2, -0.15) is 0 Å². The van der Waals surface area contributed by atoms with Gasteiger partial charge < -0.3 is 10.4 Å². The second-order valence-electron chi connectivity index (χ2n) is 6.20. The molecule has 0 bridgehead atoms. The molecule has 128 valence electrons. The molecule has 1 heterocycles. The van der Waals surface area contributed by atoms with Gasteiger partial charge in [-0.3, -0.25) is 4.90 Å². The quantitative estimate of drug-likeness (QED) is 0.784. The molecule has 5 heteroatoms. The number of nitrogens with zero attached hydrogens (tertiary/aromatic N) is 1. The zero-order valence-electron chi connectivity index (χ0n) is 13.5. The first-order valence-electron chi connectivity index (χ1n) is 8.32. The molecule has 1 aliphatic rings. The Balaban J connectivity index is 1.68. The van der Waals surface area contributed by atoms with Crippen LogP contribution in [0.1, 0.15) is 30.0 Å². The molecule has 3 rings (SSSR count). The SMILES string of the molecule is Oc1c(Cl)cc(Cl)cc1CNCC(c1ccccc1)N1CCCC1. The lowest BCUT2D eigenvalue weighted by Crippen LogP contribution is -2.34. The minimum atomic E-state index is 0.103. The van der Waals surface area contributed by atoms with Crippen LogP contribution in [0.2, 0.25) is 10.0 Å². The summed E-state index contributed by atoms with van der Waals surface area (Å²) in [6.45, 7) is 3.61. The van der Waals surface area contributed by atoms with Crippen molar-refractivity contribution in [1.82, 2.24) is 10.2 Å². The van der Waals surface area contributed by atoms with Crippen LogP contribution in [0.15, 0.2) is 42.5 Å². The van der Waals surface area contributed by atoms with Gasteiger partial charge >= 0.3 is 0 Å². The fourth-order valence-corrected chi connectivity index (χ4v) is 3.82. The van der Waals surface area contributed by atoms with Gasteiger partial charge in [0.1, 0.15) is 5.75 Å². The largest absolute Gasteiger partial charge is 0.506 e. The van der Waals surface area contributed by atoms with E-state index in [0.29, 0.717) is 22.6 Å². The molecule has 0 saturated carbocycles. The standard InChI is InChI=1S/C19H22Cl2N2O/c20-16-10-15(19(24)17(21)11-16)12-22-13-18(23-8-4-5-9-23)14-6-2-1-3-7-14/h1-3,6-7,10-11,18,22,24H,4-5,8-9,12-13H2. The van der Waals surface area contributed by atoms with E-state index in [9.17, 15) is 5.11 Å². The summed E-state index contributed by atoms with van der Waals surface area (Å²) in [5.41, 5.74) is 2.04. The van der Waals surface area contributed by atoms with E-state index in [2.05, 4.69) is 34.5 Å². The summed E-state index contributed by atoms with van der Waals surface area (Å²) in [5, 5.41) is 14.4. The van der Waals surface area contributed by atoms with E-state index in [1.54, 1.807) is 12.1 Å². The molecule has 1 unspecified atom stereocenters. The summed E-state index contributed by atoms with van der Waals surface area (Å²) in [4.78, 5) is 2.52. The third-order valence-corrected chi connectivity index (χ3v) is 5.03. The number of rotatable bonds is 6. The molecule has 1 atom stereocenters. The Labute approximate surface area is 153 Å². The molecular formula is C19H22Cl2N2O. The first kappa shape index (κ1) is 17.6. The van der Waals surface area contributed by atoms with Gasteiger partial charge in [-0.05, 0) is 43.6 Å². The van der Waals surface area contributed by atoms with Crippen LogP contribution in [0.4, 0.5) is 0 Å². The van der Waals surface area contributed by atoms with Gasteiger partial charge in [-0.25, -0.2) is 0 Å². The summed E-state index contributed by atoms with van der Waals surface area (Å²) >= 11 is 12.0. The number of aromatic hydroxyl groups is 1. The molecule has 0 radical (unpaired) electrons. The predicted octanol–water partition coefficient (Wildman–Crippen LogP) is 4.63. The molecule has 2 aromatic rings. The summed E-state index contributed by atoms with van der Waals surface area (Å²) in [7, 11) is 0. The van der Waals surface area contributed by atoms with Crippen molar-refractivity contribution in [3.63, 3.8) is 0 Å². The number of hydrogen-bond acceptors (Lipinski definition) is 3. The first-order chi connectivity index (χ1) is 11.6. The molecule has 1 aliphatic heterocycles. The maximum absolute atomic E-state index is 10.1. The average molecular weight is 365 g/mol. The zero-order valence-corrected chi connectivity index (χ0v) is 15.0. The highest BCUT2D eigenvalue weighted by Gasteiger charge is 2.23. The second-order valence-corrected chi connectivity index (χ2v) is 7.04. The third-order valence-electron chi connectivity index (χ3n) is 4.53. The van der Waals surface area contributed by atoms with E-state index in [1.165, 1.54) is 18.4 Å². The van der Waals surface area contributed by atoms with Gasteiger partial charge in [-0.1, -0.05) is 53.5 Å². The van der Waals surface area contributed by atoms with Crippen LogP contribution in [-0.2, 0) is 6.54 Å². The molecule has 1 fully saturated rings. The normalized spacial score (nSPS) is 16.4. The number of halogens is 2. The van der Waals surface area contributed by atoms with E-state index in [4.69, 9.17) is 23.2 Å². The Morgan fingerprint density at radius 1 is 1.08 bits per heavy atom. The lowest BCUT2D eigenvalue weighted by molar-refractivity contribution is 0.238. The fourth-order valence-electron chi connectivity index (χ4n) is 3.28. The van der Waals surface area contributed by atoms with E-state index in [0.717, 1.165) is 25.2 Å². The van der Waals surface area contributed by atoms with Crippen LogP contribution in [0.3, 0.4) is 0 Å². The van der Waals surface area contributed by atoms with Gasteiger partial charge in [0, 0.05) is 29.7 Å². The van der Waals surface area contributed by atoms with Gasteiger partial charge in [0.05, 0.1) is 5.02 Å². The van der Waals surface area contributed by atoms with Crippen LogP contribution in [0.25, 0.3) is 0 Å². The number of hydrogen-bond donors (Lipinski definition) is 2. The monoisotopic (exact) mass is 364 g/mol. The Morgan fingerprint density at radius 2 is 1.79 bits per heavy atom. The molecule has 2 aromatic carbocycles. The first-order valence-corrected chi connectivity index (χ1v) is 9.07. The highest BCUT2D eigenvalue weighted by Crippen LogP contribution is 2.31. The number of likely N-dealkylation sites (tertiary alicyclic amines) is 1. The molecule has 1 saturated heterocycles. The highest BCUT2D eigenvalue weighted by molar-refractivity contribution is 6.35. The van der Waals surface area contributed by atoms with Crippen LogP contribution in [0, 0.1) is 0 Å². The summed E-state index contributed by atoms with van der Waals surface area (Å²) in [6, 6.07) is 14.2. The fraction of sp³-hybridized carbons (Fsp3) is 0.368. The number of nitrogens with one attached hydrogen (secondary N) is 1. The van der Waals surface area contributed by atoms with Crippen molar-refractivity contribution in [3.05, 3.63) is 63.6 Å². The lowest BCUT2D eigenvalue weighted by Gasteiger charge is -2.28. The van der Waals surface area contributed by atoms with E-state index < -0.39 is 0 Å². The van der Waals surface area contributed by atoms with Crippen LogP contribution in [-0.4, -0.2) is 29.6 Å². The summed E-state index contributed by atoms with van der Waals surface area (Å²) in [6.07, 6.45) is 2.52. The van der Waals surface area contributed by atoms with Crippen LogP contribution >= 0.6 is 23.2 Å². The van der Waals surface area contributed by atoms with Crippen LogP contribution < -0.4 is 5.32 Å². The molecule has 24 heavy (non-hydrogen) atoms. The van der Waals surface area contributed by atoms with Crippen molar-refractivity contribution < 1.29 is 5.11 Å². The van der Waals surface area contributed by atoms with Gasteiger partial charge in [0.2, 0.25) is 0 Å². The Hall–Kier alpha value is -1.26. The molecule has 2 N–H and O–H groups in total. The molecular weight excluding hydrogens is 343 g/mol. The minimum Gasteiger partial charge on any atom is -0.506 e. The van der Waals surface area contributed by atoms with Crippen molar-refractivity contribution in [2.75, 3.05) is 19.6 Å². The number of phenolic OH excluding ortho intramolecular Hbond substituents is 1.